The molecule has 1 N–H and O–H groups in total. The van der Waals surface area contributed by atoms with Gasteiger partial charge in [-0.25, -0.2) is 8.42 Å². The number of amides is 1. The van der Waals surface area contributed by atoms with Gasteiger partial charge in [-0.05, 0) is 48.6 Å². The quantitative estimate of drug-likeness (QED) is 0.502. The molecule has 1 amide bonds. The van der Waals surface area contributed by atoms with E-state index in [9.17, 15) is 18.0 Å². The molecule has 0 spiro atoms. The number of nitrogens with zero attached hydrogens (tertiary/aromatic N) is 1. The van der Waals surface area contributed by atoms with Crippen molar-refractivity contribution < 1.29 is 22.7 Å². The lowest BCUT2D eigenvalue weighted by molar-refractivity contribution is 0.0997. The van der Waals surface area contributed by atoms with Crippen molar-refractivity contribution in [1.82, 2.24) is 4.31 Å². The Balaban J connectivity index is 1.64. The number of sulfonamides is 1. The van der Waals surface area contributed by atoms with Crippen LogP contribution in [0.25, 0.3) is 0 Å². The van der Waals surface area contributed by atoms with E-state index in [1.807, 2.05) is 0 Å². The van der Waals surface area contributed by atoms with Crippen LogP contribution >= 0.6 is 11.3 Å². The van der Waals surface area contributed by atoms with Gasteiger partial charge >= 0.3 is 0 Å². The van der Waals surface area contributed by atoms with E-state index in [2.05, 4.69) is 5.32 Å². The van der Waals surface area contributed by atoms with Crippen LogP contribution in [0.1, 0.15) is 44.9 Å². The Morgan fingerprint density at radius 1 is 0.970 bits per heavy atom. The number of ketones is 1. The van der Waals surface area contributed by atoms with Gasteiger partial charge < -0.3 is 10.1 Å². The van der Waals surface area contributed by atoms with Crippen molar-refractivity contribution in [3.05, 3.63) is 76.0 Å². The molecule has 1 aliphatic rings. The van der Waals surface area contributed by atoms with E-state index in [4.69, 9.17) is 4.74 Å². The topological polar surface area (TPSA) is 92.8 Å². The molecule has 0 radical (unpaired) electrons. The first-order valence-corrected chi connectivity index (χ1v) is 12.9. The molecule has 1 fully saturated rings. The van der Waals surface area contributed by atoms with Crippen LogP contribution in [0.3, 0.4) is 0 Å². The van der Waals surface area contributed by atoms with E-state index in [-0.39, 0.29) is 27.6 Å². The number of hydrogen-bond acceptors (Lipinski definition) is 6. The van der Waals surface area contributed by atoms with Crippen molar-refractivity contribution in [1.29, 1.82) is 0 Å². The van der Waals surface area contributed by atoms with Crippen molar-refractivity contribution in [2.24, 2.45) is 0 Å². The van der Waals surface area contributed by atoms with E-state index in [1.54, 1.807) is 47.8 Å². The fraction of sp³-hybridized carbons (Fsp3) is 0.250. The molecule has 7 nitrogen and oxygen atoms in total. The predicted octanol–water partition coefficient (Wildman–Crippen LogP) is 4.41. The smallest absolute Gasteiger partial charge is 0.256 e. The summed E-state index contributed by atoms with van der Waals surface area (Å²) in [5, 5.41) is 4.54. The number of hydrogen-bond donors (Lipinski definition) is 1. The number of methoxy groups -OCH3 is 1. The summed E-state index contributed by atoms with van der Waals surface area (Å²) in [6.45, 7) is 0.917. The third-order valence-electron chi connectivity index (χ3n) is 5.52. The number of ether oxygens (including phenoxy) is 1. The zero-order valence-corrected chi connectivity index (χ0v) is 19.7. The Bertz CT molecular complexity index is 1260. The van der Waals surface area contributed by atoms with Crippen molar-refractivity contribution in [2.45, 2.75) is 24.2 Å². The second-order valence-corrected chi connectivity index (χ2v) is 10.5. The first-order valence-electron chi connectivity index (χ1n) is 10.6. The zero-order valence-electron chi connectivity index (χ0n) is 18.1. The number of carbonyl (C=O) groups is 2. The van der Waals surface area contributed by atoms with Crippen LogP contribution in [0, 0.1) is 0 Å². The number of nitrogens with one attached hydrogen (secondary N) is 1. The first-order chi connectivity index (χ1) is 15.9. The molecule has 0 unspecified atom stereocenters. The highest BCUT2D eigenvalue weighted by molar-refractivity contribution is 7.89. The summed E-state index contributed by atoms with van der Waals surface area (Å²) in [5.74, 6) is -0.521. The normalized spacial score (nSPS) is 14.6. The number of carbonyl (C=O) groups excluding carboxylic acids is 2. The standard InChI is InChI=1S/C24H24N2O5S2/c1-31-20-12-11-17(16-22(20)33(29,30)26-13-5-2-6-14-26)25-24(28)19-9-4-3-8-18(19)23(27)21-10-7-15-32-21/h3-4,7-12,15-16H,2,5-6,13-14H2,1H3,(H,25,28). The predicted molar refractivity (Wildman–Crippen MR) is 128 cm³/mol. The largest absolute Gasteiger partial charge is 0.495 e. The summed E-state index contributed by atoms with van der Waals surface area (Å²) in [7, 11) is -2.36. The maximum Gasteiger partial charge on any atom is 0.256 e. The average molecular weight is 485 g/mol. The average Bonchev–Trinajstić information content (AvgIpc) is 3.39. The van der Waals surface area contributed by atoms with Crippen LogP contribution in [0.2, 0.25) is 0 Å². The summed E-state index contributed by atoms with van der Waals surface area (Å²) in [5.41, 5.74) is 0.800. The van der Waals surface area contributed by atoms with Crippen molar-refractivity contribution >= 4 is 38.7 Å². The number of anilines is 1. The van der Waals surface area contributed by atoms with E-state index >= 15 is 0 Å². The Hall–Kier alpha value is -3.01. The molecule has 2 heterocycles. The molecule has 172 valence electrons. The van der Waals surface area contributed by atoms with E-state index in [0.717, 1.165) is 19.3 Å². The summed E-state index contributed by atoms with van der Waals surface area (Å²) in [4.78, 5) is 26.5. The molecular weight excluding hydrogens is 460 g/mol. The van der Waals surface area contributed by atoms with E-state index < -0.39 is 15.9 Å². The SMILES string of the molecule is COc1ccc(NC(=O)c2ccccc2C(=O)c2cccs2)cc1S(=O)(=O)N1CCCCC1. The summed E-state index contributed by atoms with van der Waals surface area (Å²) in [6.07, 6.45) is 2.63. The molecular formula is C24H24N2O5S2. The second kappa shape index (κ2) is 9.86. The van der Waals surface area contributed by atoms with Crippen molar-refractivity contribution in [3.63, 3.8) is 0 Å². The molecule has 3 aromatic rings. The lowest BCUT2D eigenvalue weighted by Gasteiger charge is -2.26. The second-order valence-electron chi connectivity index (χ2n) is 7.64. The van der Waals surface area contributed by atoms with Gasteiger partial charge in [-0.2, -0.15) is 4.31 Å². The molecule has 9 heteroatoms. The molecule has 2 aromatic carbocycles. The molecule has 4 rings (SSSR count). The van der Waals surface area contributed by atoms with Crippen LogP contribution in [-0.2, 0) is 10.0 Å². The lowest BCUT2D eigenvalue weighted by Crippen LogP contribution is -2.35. The van der Waals surface area contributed by atoms with Crippen LogP contribution in [0.5, 0.6) is 5.75 Å². The van der Waals surface area contributed by atoms with Crippen LogP contribution in [0.15, 0.2) is 64.9 Å². The summed E-state index contributed by atoms with van der Waals surface area (Å²) >= 11 is 1.31. The number of rotatable bonds is 7. The zero-order chi connectivity index (χ0) is 23.4. The third kappa shape index (κ3) is 4.85. The van der Waals surface area contributed by atoms with Crippen molar-refractivity contribution in [2.75, 3.05) is 25.5 Å². The first kappa shape index (κ1) is 23.2. The third-order valence-corrected chi connectivity index (χ3v) is 8.30. The van der Waals surface area contributed by atoms with Gasteiger partial charge in [-0.15, -0.1) is 11.3 Å². The molecule has 0 atom stereocenters. The molecule has 0 aliphatic carbocycles. The lowest BCUT2D eigenvalue weighted by atomic mass is 10.0. The van der Waals surface area contributed by atoms with Gasteiger partial charge in [0.1, 0.15) is 10.6 Å². The molecule has 1 aliphatic heterocycles. The van der Waals surface area contributed by atoms with Gasteiger partial charge in [0.05, 0.1) is 17.6 Å². The molecule has 1 aromatic heterocycles. The van der Waals surface area contributed by atoms with Crippen LogP contribution in [0.4, 0.5) is 5.69 Å². The van der Waals surface area contributed by atoms with Crippen molar-refractivity contribution in [3.8, 4) is 5.75 Å². The minimum atomic E-state index is -3.77. The molecule has 1 saturated heterocycles. The van der Waals surface area contributed by atoms with Gasteiger partial charge in [0.25, 0.3) is 5.91 Å². The van der Waals surface area contributed by atoms with Gasteiger partial charge in [0.2, 0.25) is 15.8 Å². The summed E-state index contributed by atoms with van der Waals surface area (Å²) < 4.78 is 33.2. The maximum atomic E-state index is 13.2. The Morgan fingerprint density at radius 3 is 2.36 bits per heavy atom. The number of piperidine rings is 1. The maximum absolute atomic E-state index is 13.2. The molecule has 33 heavy (non-hydrogen) atoms. The van der Waals surface area contributed by atoms with Gasteiger partial charge in [0.15, 0.2) is 0 Å². The fourth-order valence-corrected chi connectivity index (χ4v) is 6.19. The highest BCUT2D eigenvalue weighted by Gasteiger charge is 2.29. The summed E-state index contributed by atoms with van der Waals surface area (Å²) in [6, 6.07) is 14.6. The van der Waals surface area contributed by atoms with Gasteiger partial charge in [-0.3, -0.25) is 9.59 Å². The highest BCUT2D eigenvalue weighted by Crippen LogP contribution is 2.31. The van der Waals surface area contributed by atoms with Crippen LogP contribution in [-0.4, -0.2) is 44.6 Å². The van der Waals surface area contributed by atoms with Gasteiger partial charge in [0, 0.05) is 24.3 Å². The number of thiophene rings is 1. The fourth-order valence-electron chi connectivity index (χ4n) is 3.82. The monoisotopic (exact) mass is 484 g/mol. The highest BCUT2D eigenvalue weighted by atomic mass is 32.2. The Labute approximate surface area is 197 Å². The Morgan fingerprint density at radius 2 is 1.70 bits per heavy atom. The van der Waals surface area contributed by atoms with Gasteiger partial charge in [-0.1, -0.05) is 30.7 Å². The molecule has 0 saturated carbocycles. The number of benzene rings is 2. The Kier molecular flexibility index (Phi) is 6.92. The molecule has 0 bridgehead atoms. The van der Waals surface area contributed by atoms with E-state index in [1.165, 1.54) is 34.9 Å². The van der Waals surface area contributed by atoms with E-state index in [0.29, 0.717) is 23.7 Å². The minimum absolute atomic E-state index is 0.00708. The van der Waals surface area contributed by atoms with Crippen LogP contribution < -0.4 is 10.1 Å². The minimum Gasteiger partial charge on any atom is -0.495 e.